The number of nitrogens with one attached hydrogen (secondary N) is 1. The minimum absolute atomic E-state index is 0.238. The van der Waals surface area contributed by atoms with Gasteiger partial charge in [-0.2, -0.15) is 0 Å². The van der Waals surface area contributed by atoms with Crippen LogP contribution in [0.2, 0.25) is 0 Å². The smallest absolute Gasteiger partial charge is 0.0238 e. The second-order valence-corrected chi connectivity index (χ2v) is 5.33. The van der Waals surface area contributed by atoms with E-state index in [2.05, 4.69) is 26.1 Å². The van der Waals surface area contributed by atoms with Gasteiger partial charge in [0.15, 0.2) is 0 Å². The Morgan fingerprint density at radius 2 is 2.00 bits per heavy atom. The lowest BCUT2D eigenvalue weighted by Gasteiger charge is -2.31. The summed E-state index contributed by atoms with van der Waals surface area (Å²) < 4.78 is 0. The van der Waals surface area contributed by atoms with Crippen LogP contribution in [-0.4, -0.2) is 18.5 Å². The van der Waals surface area contributed by atoms with Crippen LogP contribution in [-0.2, 0) is 0 Å². The monoisotopic (exact) mass is 237 g/mol. The molecule has 1 nitrogen and oxygen atoms in total. The third-order valence-corrected chi connectivity index (χ3v) is 2.85. The average molecular weight is 238 g/mol. The maximum Gasteiger partial charge on any atom is 0.0238 e. The van der Waals surface area contributed by atoms with Crippen LogP contribution in [0.3, 0.4) is 0 Å². The summed E-state index contributed by atoms with van der Waals surface area (Å²) in [4.78, 5) is 0. The lowest BCUT2D eigenvalue weighted by Crippen LogP contribution is -2.41. The van der Waals surface area contributed by atoms with Gasteiger partial charge in [0.05, 0.1) is 0 Å². The SMILES string of the molecule is CC(=CCl)CNC(CCCl)C(C)(C)C. The Labute approximate surface area is 97.9 Å². The zero-order valence-electron chi connectivity index (χ0n) is 9.53. The van der Waals surface area contributed by atoms with Gasteiger partial charge in [-0.1, -0.05) is 32.4 Å². The van der Waals surface area contributed by atoms with Gasteiger partial charge in [-0.25, -0.2) is 0 Å². The summed E-state index contributed by atoms with van der Waals surface area (Å²) in [6.45, 7) is 9.51. The average Bonchev–Trinajstić information content (AvgIpc) is 2.09. The molecule has 1 atom stereocenters. The Bertz CT molecular complexity index is 182. The summed E-state index contributed by atoms with van der Waals surface area (Å²) in [5.41, 5.74) is 3.00. The molecule has 0 saturated carbocycles. The van der Waals surface area contributed by atoms with E-state index < -0.39 is 0 Å². The predicted octanol–water partition coefficient (Wildman–Crippen LogP) is 3.76. The number of halogens is 2. The topological polar surface area (TPSA) is 12.0 Å². The number of alkyl halides is 1. The van der Waals surface area contributed by atoms with Crippen molar-refractivity contribution in [2.75, 3.05) is 12.4 Å². The molecular formula is C11H21Cl2N. The van der Waals surface area contributed by atoms with Crippen LogP contribution >= 0.6 is 23.2 Å². The first-order valence-electron chi connectivity index (χ1n) is 4.97. The molecule has 1 unspecified atom stereocenters. The molecule has 84 valence electrons. The van der Waals surface area contributed by atoms with E-state index in [1.54, 1.807) is 5.54 Å². The van der Waals surface area contributed by atoms with Crippen LogP contribution in [0.4, 0.5) is 0 Å². The first kappa shape index (κ1) is 14.3. The van der Waals surface area contributed by atoms with Gasteiger partial charge in [0, 0.05) is 24.0 Å². The highest BCUT2D eigenvalue weighted by molar-refractivity contribution is 6.25. The third kappa shape index (κ3) is 5.90. The number of hydrogen-bond acceptors (Lipinski definition) is 1. The van der Waals surface area contributed by atoms with Crippen molar-refractivity contribution in [2.24, 2.45) is 5.41 Å². The van der Waals surface area contributed by atoms with Gasteiger partial charge in [-0.15, -0.1) is 11.6 Å². The molecule has 0 radical (unpaired) electrons. The lowest BCUT2D eigenvalue weighted by atomic mass is 9.85. The quantitative estimate of drug-likeness (QED) is 0.719. The molecule has 0 aromatic rings. The van der Waals surface area contributed by atoms with E-state index in [0.29, 0.717) is 11.9 Å². The van der Waals surface area contributed by atoms with Gasteiger partial charge in [-0.05, 0) is 24.3 Å². The molecule has 0 amide bonds. The van der Waals surface area contributed by atoms with Crippen molar-refractivity contribution in [2.45, 2.75) is 40.2 Å². The van der Waals surface area contributed by atoms with Crippen LogP contribution in [0, 0.1) is 5.41 Å². The summed E-state index contributed by atoms with van der Waals surface area (Å²) in [6, 6.07) is 0.437. The van der Waals surface area contributed by atoms with Gasteiger partial charge in [0.25, 0.3) is 0 Å². The van der Waals surface area contributed by atoms with Crippen molar-refractivity contribution in [3.05, 3.63) is 11.1 Å². The van der Waals surface area contributed by atoms with Gasteiger partial charge in [-0.3, -0.25) is 0 Å². The first-order valence-corrected chi connectivity index (χ1v) is 5.94. The zero-order valence-corrected chi connectivity index (χ0v) is 11.0. The normalized spacial score (nSPS) is 15.7. The molecule has 0 aliphatic heterocycles. The lowest BCUT2D eigenvalue weighted by molar-refractivity contribution is 0.268. The van der Waals surface area contributed by atoms with Crippen molar-refractivity contribution >= 4 is 23.2 Å². The first-order chi connectivity index (χ1) is 6.41. The molecule has 3 heteroatoms. The summed E-state index contributed by atoms with van der Waals surface area (Å²) in [6.07, 6.45) is 0.987. The van der Waals surface area contributed by atoms with E-state index in [4.69, 9.17) is 23.2 Å². The second-order valence-electron chi connectivity index (χ2n) is 4.73. The van der Waals surface area contributed by atoms with E-state index in [0.717, 1.165) is 18.5 Å². The molecule has 0 aliphatic rings. The van der Waals surface area contributed by atoms with E-state index in [1.165, 1.54) is 0 Å². The molecule has 0 aromatic carbocycles. The fourth-order valence-electron chi connectivity index (χ4n) is 1.27. The highest BCUT2D eigenvalue weighted by Gasteiger charge is 2.23. The highest BCUT2D eigenvalue weighted by atomic mass is 35.5. The second kappa shape index (κ2) is 6.71. The van der Waals surface area contributed by atoms with Crippen LogP contribution in [0.25, 0.3) is 0 Å². The summed E-state index contributed by atoms with van der Waals surface area (Å²) in [7, 11) is 0. The Hall–Kier alpha value is 0.280. The predicted molar refractivity (Wildman–Crippen MR) is 66.2 cm³/mol. The molecule has 0 fully saturated rings. The van der Waals surface area contributed by atoms with Gasteiger partial charge in [0.1, 0.15) is 0 Å². The number of hydrogen-bond donors (Lipinski definition) is 1. The van der Waals surface area contributed by atoms with E-state index >= 15 is 0 Å². The van der Waals surface area contributed by atoms with Crippen molar-refractivity contribution in [3.63, 3.8) is 0 Å². The van der Waals surface area contributed by atoms with Gasteiger partial charge in [0.2, 0.25) is 0 Å². The molecule has 0 spiro atoms. The van der Waals surface area contributed by atoms with Crippen molar-refractivity contribution in [1.82, 2.24) is 5.32 Å². The molecule has 0 heterocycles. The molecule has 0 saturated heterocycles. The van der Waals surface area contributed by atoms with Gasteiger partial charge < -0.3 is 5.32 Å². The van der Waals surface area contributed by atoms with E-state index in [-0.39, 0.29) is 5.41 Å². The van der Waals surface area contributed by atoms with Crippen LogP contribution < -0.4 is 5.32 Å². The summed E-state index contributed by atoms with van der Waals surface area (Å²) in [5.74, 6) is 0.693. The zero-order chi connectivity index (χ0) is 11.2. The summed E-state index contributed by atoms with van der Waals surface area (Å²) in [5, 5.41) is 3.47. The molecule has 14 heavy (non-hydrogen) atoms. The van der Waals surface area contributed by atoms with E-state index in [1.807, 2.05) is 6.92 Å². The van der Waals surface area contributed by atoms with Crippen molar-refractivity contribution in [3.8, 4) is 0 Å². The van der Waals surface area contributed by atoms with E-state index in [9.17, 15) is 0 Å². The molecule has 0 rings (SSSR count). The molecular weight excluding hydrogens is 217 g/mol. The largest absolute Gasteiger partial charge is 0.310 e. The Balaban J connectivity index is 4.11. The third-order valence-electron chi connectivity index (χ3n) is 2.26. The number of rotatable bonds is 5. The maximum absolute atomic E-state index is 5.77. The van der Waals surface area contributed by atoms with Crippen molar-refractivity contribution < 1.29 is 0 Å². The van der Waals surface area contributed by atoms with Crippen LogP contribution in [0.1, 0.15) is 34.1 Å². The standard InChI is InChI=1S/C11H21Cl2N/c1-9(7-13)8-14-10(5-6-12)11(2,3)4/h7,10,14H,5-6,8H2,1-4H3. The Kier molecular flexibility index (Phi) is 6.84. The Morgan fingerprint density at radius 1 is 1.43 bits per heavy atom. The molecule has 0 aromatic heterocycles. The molecule has 0 aliphatic carbocycles. The Morgan fingerprint density at radius 3 is 2.36 bits per heavy atom. The van der Waals surface area contributed by atoms with Crippen molar-refractivity contribution in [1.29, 1.82) is 0 Å². The van der Waals surface area contributed by atoms with Crippen LogP contribution in [0.5, 0.6) is 0 Å². The molecule has 1 N–H and O–H groups in total. The highest BCUT2D eigenvalue weighted by Crippen LogP contribution is 2.22. The van der Waals surface area contributed by atoms with Gasteiger partial charge >= 0.3 is 0 Å². The fraction of sp³-hybridized carbons (Fsp3) is 0.818. The minimum Gasteiger partial charge on any atom is -0.310 e. The summed E-state index contributed by atoms with van der Waals surface area (Å²) >= 11 is 11.4. The molecule has 0 bridgehead atoms. The minimum atomic E-state index is 0.238. The van der Waals surface area contributed by atoms with Crippen LogP contribution in [0.15, 0.2) is 11.1 Å². The maximum atomic E-state index is 5.77. The fourth-order valence-corrected chi connectivity index (χ4v) is 1.57.